The molecule has 3 aromatic carbocycles. The fraction of sp³-hybridized carbons (Fsp3) is 0.0800. The van der Waals surface area contributed by atoms with Crippen molar-refractivity contribution in [1.82, 2.24) is 4.98 Å². The van der Waals surface area contributed by atoms with Gasteiger partial charge in [0.1, 0.15) is 11.5 Å². The van der Waals surface area contributed by atoms with E-state index in [0.29, 0.717) is 27.0 Å². The molecule has 4 aromatic rings. The second-order valence-corrected chi connectivity index (χ2v) is 8.86. The minimum atomic E-state index is -0.878. The van der Waals surface area contributed by atoms with Gasteiger partial charge in [0.25, 0.3) is 5.78 Å². The smallest absolute Gasteiger partial charge is 0.301 e. The van der Waals surface area contributed by atoms with Gasteiger partial charge in [0.15, 0.2) is 5.13 Å². The van der Waals surface area contributed by atoms with Crippen LogP contribution in [0.3, 0.4) is 0 Å². The number of hydrogen-bond donors (Lipinski definition) is 1. The highest BCUT2D eigenvalue weighted by atomic mass is 35.5. The Morgan fingerprint density at radius 3 is 2.55 bits per heavy atom. The molecule has 1 aliphatic heterocycles. The quantitative estimate of drug-likeness (QED) is 0.236. The maximum atomic E-state index is 13.3. The molecule has 164 valence electrons. The number of ketones is 1. The van der Waals surface area contributed by atoms with Crippen LogP contribution in [0.15, 0.2) is 78.4 Å². The Morgan fingerprint density at radius 2 is 1.82 bits per heavy atom. The van der Waals surface area contributed by atoms with Gasteiger partial charge in [-0.25, -0.2) is 4.98 Å². The van der Waals surface area contributed by atoms with Gasteiger partial charge >= 0.3 is 5.91 Å². The second-order valence-electron chi connectivity index (χ2n) is 7.42. The van der Waals surface area contributed by atoms with E-state index in [-0.39, 0.29) is 11.3 Å². The molecule has 2 heterocycles. The van der Waals surface area contributed by atoms with Crippen LogP contribution in [0.5, 0.6) is 5.75 Å². The molecule has 1 unspecified atom stereocenters. The molecule has 0 spiro atoms. The van der Waals surface area contributed by atoms with Crippen LogP contribution >= 0.6 is 22.9 Å². The summed E-state index contributed by atoms with van der Waals surface area (Å²) in [5.41, 5.74) is 1.70. The average Bonchev–Trinajstić information content (AvgIpc) is 3.37. The van der Waals surface area contributed by atoms with Crippen molar-refractivity contribution in [3.05, 3.63) is 94.5 Å². The monoisotopic (exact) mass is 476 g/mol. The summed E-state index contributed by atoms with van der Waals surface area (Å²) in [6.07, 6.45) is 0. The second kappa shape index (κ2) is 8.35. The molecule has 0 radical (unpaired) electrons. The zero-order chi connectivity index (χ0) is 23.1. The number of hydrogen-bond acceptors (Lipinski definition) is 6. The zero-order valence-electron chi connectivity index (χ0n) is 17.4. The largest absolute Gasteiger partial charge is 0.507 e. The van der Waals surface area contributed by atoms with Crippen molar-refractivity contribution in [3.63, 3.8) is 0 Å². The van der Waals surface area contributed by atoms with Gasteiger partial charge in [0.2, 0.25) is 0 Å². The number of rotatable bonds is 4. The van der Waals surface area contributed by atoms with Crippen LogP contribution in [0.1, 0.15) is 17.2 Å². The molecule has 1 N–H and O–H groups in total. The maximum absolute atomic E-state index is 13.3. The number of carbonyl (C=O) groups excluding carboxylic acids is 2. The van der Waals surface area contributed by atoms with Crippen molar-refractivity contribution in [2.75, 3.05) is 12.0 Å². The Kier molecular flexibility index (Phi) is 5.36. The Hall–Kier alpha value is -3.68. The molecule has 1 saturated heterocycles. The van der Waals surface area contributed by atoms with Crippen molar-refractivity contribution >= 4 is 55.7 Å². The van der Waals surface area contributed by atoms with Gasteiger partial charge in [0.05, 0.1) is 28.9 Å². The number of anilines is 1. The molecule has 1 aromatic heterocycles. The SMILES string of the molecule is COc1cccc(C2/C(=C(\O)c3ccc(Cl)cc3)C(=O)C(=O)N2c2nc3ccccc3s2)c1. The number of carbonyl (C=O) groups is 2. The van der Waals surface area contributed by atoms with Gasteiger partial charge in [-0.15, -0.1) is 0 Å². The predicted molar refractivity (Wildman–Crippen MR) is 129 cm³/mol. The Labute approximate surface area is 198 Å². The molecule has 8 heteroatoms. The number of para-hydroxylation sites is 1. The molecule has 5 rings (SSSR count). The predicted octanol–water partition coefficient (Wildman–Crippen LogP) is 5.58. The summed E-state index contributed by atoms with van der Waals surface area (Å²) in [4.78, 5) is 32.4. The van der Waals surface area contributed by atoms with Crippen LogP contribution in [0.25, 0.3) is 16.0 Å². The topological polar surface area (TPSA) is 79.7 Å². The van der Waals surface area contributed by atoms with E-state index >= 15 is 0 Å². The van der Waals surface area contributed by atoms with Crippen molar-refractivity contribution < 1.29 is 19.4 Å². The molecular weight excluding hydrogens is 460 g/mol. The zero-order valence-corrected chi connectivity index (χ0v) is 18.9. The van der Waals surface area contributed by atoms with Gasteiger partial charge in [-0.1, -0.05) is 47.2 Å². The summed E-state index contributed by atoms with van der Waals surface area (Å²) >= 11 is 7.29. The van der Waals surface area contributed by atoms with Crippen LogP contribution < -0.4 is 9.64 Å². The van der Waals surface area contributed by atoms with Gasteiger partial charge in [0, 0.05) is 10.6 Å². The van der Waals surface area contributed by atoms with E-state index in [0.717, 1.165) is 10.2 Å². The molecule has 1 aliphatic rings. The summed E-state index contributed by atoms with van der Waals surface area (Å²) in [5, 5.41) is 12.0. The average molecular weight is 477 g/mol. The number of aliphatic hydroxyl groups excluding tert-OH is 1. The van der Waals surface area contributed by atoms with E-state index in [2.05, 4.69) is 4.98 Å². The lowest BCUT2D eigenvalue weighted by molar-refractivity contribution is -0.132. The first-order valence-corrected chi connectivity index (χ1v) is 11.2. The molecule has 33 heavy (non-hydrogen) atoms. The van der Waals surface area contributed by atoms with E-state index in [1.54, 1.807) is 48.5 Å². The number of thiazole rings is 1. The van der Waals surface area contributed by atoms with E-state index < -0.39 is 17.7 Å². The summed E-state index contributed by atoms with van der Waals surface area (Å²) < 4.78 is 6.24. The molecule has 6 nitrogen and oxygen atoms in total. The molecule has 0 saturated carbocycles. The third-order valence-electron chi connectivity index (χ3n) is 5.46. The third kappa shape index (κ3) is 3.65. The summed E-state index contributed by atoms with van der Waals surface area (Å²) in [6.45, 7) is 0. The highest BCUT2D eigenvalue weighted by molar-refractivity contribution is 7.22. The molecule has 0 bridgehead atoms. The van der Waals surface area contributed by atoms with E-state index in [1.807, 2.05) is 24.3 Å². The normalized spacial score (nSPS) is 17.6. The van der Waals surface area contributed by atoms with Crippen molar-refractivity contribution in [2.45, 2.75) is 6.04 Å². The highest BCUT2D eigenvalue weighted by Crippen LogP contribution is 2.44. The highest BCUT2D eigenvalue weighted by Gasteiger charge is 2.48. The van der Waals surface area contributed by atoms with Crippen LogP contribution in [0.4, 0.5) is 5.13 Å². The number of fused-ring (bicyclic) bond motifs is 1. The fourth-order valence-corrected chi connectivity index (χ4v) is 5.00. The summed E-state index contributed by atoms with van der Waals surface area (Å²) in [6, 6.07) is 20.1. The molecular formula is C25H17ClN2O4S. The first-order chi connectivity index (χ1) is 16.0. The number of aromatic nitrogens is 1. The minimum absolute atomic E-state index is 0.0187. The Balaban J connectivity index is 1.74. The number of amides is 1. The molecule has 1 fully saturated rings. The van der Waals surface area contributed by atoms with Crippen molar-refractivity contribution in [3.8, 4) is 5.75 Å². The van der Waals surface area contributed by atoms with Crippen LogP contribution in [0.2, 0.25) is 5.02 Å². The third-order valence-corrected chi connectivity index (χ3v) is 6.75. The van der Waals surface area contributed by atoms with Crippen LogP contribution in [-0.4, -0.2) is 28.9 Å². The van der Waals surface area contributed by atoms with Crippen LogP contribution in [0, 0.1) is 0 Å². The lowest BCUT2D eigenvalue weighted by atomic mass is 9.95. The van der Waals surface area contributed by atoms with Crippen molar-refractivity contribution in [2.24, 2.45) is 0 Å². The number of benzene rings is 3. The van der Waals surface area contributed by atoms with E-state index in [4.69, 9.17) is 16.3 Å². The van der Waals surface area contributed by atoms with Crippen molar-refractivity contribution in [1.29, 1.82) is 0 Å². The number of nitrogens with zero attached hydrogens (tertiary/aromatic N) is 2. The number of Topliss-reactive ketones (excluding diaryl/α,β-unsaturated/α-hetero) is 1. The Bertz CT molecular complexity index is 1390. The Morgan fingerprint density at radius 1 is 1.06 bits per heavy atom. The molecule has 1 amide bonds. The van der Waals surface area contributed by atoms with Gasteiger partial charge in [-0.3, -0.25) is 14.5 Å². The van der Waals surface area contributed by atoms with Crippen LogP contribution in [-0.2, 0) is 9.59 Å². The minimum Gasteiger partial charge on any atom is -0.507 e. The summed E-state index contributed by atoms with van der Waals surface area (Å²) in [7, 11) is 1.54. The number of methoxy groups -OCH3 is 1. The number of halogens is 1. The fourth-order valence-electron chi connectivity index (χ4n) is 3.88. The van der Waals surface area contributed by atoms with Gasteiger partial charge < -0.3 is 9.84 Å². The first kappa shape index (κ1) is 21.2. The lowest BCUT2D eigenvalue weighted by Gasteiger charge is -2.23. The van der Waals surface area contributed by atoms with E-state index in [1.165, 1.54) is 23.3 Å². The van der Waals surface area contributed by atoms with Gasteiger partial charge in [-0.05, 0) is 54.1 Å². The first-order valence-electron chi connectivity index (χ1n) is 10.0. The molecule has 0 aliphatic carbocycles. The number of ether oxygens (including phenoxy) is 1. The lowest BCUT2D eigenvalue weighted by Crippen LogP contribution is -2.29. The standard InChI is InChI=1S/C25H17ClN2O4S/c1-32-17-6-4-5-15(13-17)21-20(22(29)14-9-11-16(26)12-10-14)23(30)24(31)28(21)25-27-18-7-2-3-8-19(18)33-25/h2-13,21,29H,1H3/b22-20+. The molecule has 1 atom stereocenters. The van der Waals surface area contributed by atoms with Gasteiger partial charge in [-0.2, -0.15) is 0 Å². The summed E-state index contributed by atoms with van der Waals surface area (Å²) in [5.74, 6) is -1.25. The maximum Gasteiger partial charge on any atom is 0.301 e. The number of aliphatic hydroxyl groups is 1. The van der Waals surface area contributed by atoms with E-state index in [9.17, 15) is 14.7 Å².